The van der Waals surface area contributed by atoms with Gasteiger partial charge in [-0.1, -0.05) is 25.1 Å². The maximum Gasteiger partial charge on any atom is 0.338 e. The molecule has 2 aromatic heterocycles. The maximum atomic E-state index is 13.2. The van der Waals surface area contributed by atoms with Crippen molar-refractivity contribution in [2.45, 2.75) is 39.0 Å². The van der Waals surface area contributed by atoms with E-state index < -0.39 is 27.3 Å². The normalized spacial score (nSPS) is 12.1. The van der Waals surface area contributed by atoms with Crippen LogP contribution in [0.4, 0.5) is 5.69 Å². The molecule has 10 heteroatoms. The molecule has 0 aliphatic carbocycles. The van der Waals surface area contributed by atoms with Crippen LogP contribution in [0.3, 0.4) is 0 Å². The fourth-order valence-corrected chi connectivity index (χ4v) is 4.81. The van der Waals surface area contributed by atoms with E-state index >= 15 is 0 Å². The number of aromatic nitrogens is 2. The maximum absolute atomic E-state index is 13.2. The van der Waals surface area contributed by atoms with E-state index in [0.29, 0.717) is 16.3 Å². The SMILES string of the molecule is CCC(=O)c1c(O)n(OC(=O)C(C)(C)C)c2cc(NS(=O)(=O)c3cccc4cccnc34)ccc12. The third-order valence-electron chi connectivity index (χ3n) is 5.43. The molecule has 4 rings (SSSR count). The van der Waals surface area contributed by atoms with Gasteiger partial charge in [0, 0.05) is 23.4 Å². The van der Waals surface area contributed by atoms with E-state index in [2.05, 4.69) is 9.71 Å². The summed E-state index contributed by atoms with van der Waals surface area (Å²) >= 11 is 0. The van der Waals surface area contributed by atoms with Crippen molar-refractivity contribution in [3.05, 3.63) is 60.3 Å². The van der Waals surface area contributed by atoms with Crippen molar-refractivity contribution in [3.63, 3.8) is 0 Å². The Hall–Kier alpha value is -3.92. The van der Waals surface area contributed by atoms with Crippen LogP contribution in [0.2, 0.25) is 0 Å². The van der Waals surface area contributed by atoms with Crippen LogP contribution in [-0.2, 0) is 14.8 Å². The second-order valence-corrected chi connectivity index (χ2v) is 10.7. The zero-order valence-corrected chi connectivity index (χ0v) is 20.5. The Kier molecular flexibility index (Phi) is 6.02. The topological polar surface area (TPSA) is 128 Å². The summed E-state index contributed by atoms with van der Waals surface area (Å²) in [6, 6.07) is 12.7. The number of anilines is 1. The molecule has 182 valence electrons. The highest BCUT2D eigenvalue weighted by Gasteiger charge is 2.29. The minimum absolute atomic E-state index is 0.00290. The first-order valence-corrected chi connectivity index (χ1v) is 12.4. The lowest BCUT2D eigenvalue weighted by Gasteiger charge is -2.17. The number of pyridine rings is 1. The van der Waals surface area contributed by atoms with Gasteiger partial charge in [0.1, 0.15) is 4.90 Å². The molecule has 9 nitrogen and oxygen atoms in total. The summed E-state index contributed by atoms with van der Waals surface area (Å²) in [7, 11) is -4.05. The molecule has 0 atom stereocenters. The standard InChI is InChI=1S/C25H25N3O6S/c1-5-19(29)21-17-12-11-16(14-18(17)28(23(21)30)34-24(31)25(2,3)4)27-35(32,33)20-10-6-8-15-9-7-13-26-22(15)20/h6-14,27,30H,5H2,1-4H3. The molecule has 35 heavy (non-hydrogen) atoms. The average molecular weight is 496 g/mol. The molecule has 4 aromatic rings. The summed E-state index contributed by atoms with van der Waals surface area (Å²) in [4.78, 5) is 34.7. The highest BCUT2D eigenvalue weighted by molar-refractivity contribution is 7.93. The van der Waals surface area contributed by atoms with Gasteiger partial charge in [-0.25, -0.2) is 13.2 Å². The van der Waals surface area contributed by atoms with Gasteiger partial charge < -0.3 is 9.94 Å². The molecule has 2 aromatic carbocycles. The predicted molar refractivity (Wildman–Crippen MR) is 132 cm³/mol. The van der Waals surface area contributed by atoms with Crippen LogP contribution < -0.4 is 9.56 Å². The lowest BCUT2D eigenvalue weighted by Crippen LogP contribution is -2.31. The van der Waals surface area contributed by atoms with Gasteiger partial charge in [-0.2, -0.15) is 0 Å². The van der Waals surface area contributed by atoms with Crippen LogP contribution in [0.15, 0.2) is 59.6 Å². The summed E-state index contributed by atoms with van der Waals surface area (Å²) in [5.74, 6) is -1.52. The first-order valence-electron chi connectivity index (χ1n) is 10.9. The number of benzene rings is 2. The molecule has 0 unspecified atom stereocenters. The van der Waals surface area contributed by atoms with Crippen molar-refractivity contribution in [3.8, 4) is 5.88 Å². The van der Waals surface area contributed by atoms with E-state index in [1.165, 1.54) is 30.5 Å². The molecule has 2 N–H and O–H groups in total. The van der Waals surface area contributed by atoms with E-state index in [1.54, 1.807) is 52.0 Å². The first-order chi connectivity index (χ1) is 16.4. The van der Waals surface area contributed by atoms with Crippen molar-refractivity contribution in [1.29, 1.82) is 0 Å². The number of hydrogen-bond donors (Lipinski definition) is 2. The van der Waals surface area contributed by atoms with Crippen molar-refractivity contribution >= 4 is 49.3 Å². The molecule has 0 radical (unpaired) electrons. The number of hydrogen-bond acceptors (Lipinski definition) is 7. The Labute approximate surface area is 202 Å². The molecule has 0 spiro atoms. The van der Waals surface area contributed by atoms with Gasteiger partial charge in [0.25, 0.3) is 10.0 Å². The van der Waals surface area contributed by atoms with Gasteiger partial charge in [-0.15, -0.1) is 4.73 Å². The van der Waals surface area contributed by atoms with Crippen LogP contribution >= 0.6 is 0 Å². The Morgan fingerprint density at radius 1 is 1.11 bits per heavy atom. The smallest absolute Gasteiger partial charge is 0.338 e. The van der Waals surface area contributed by atoms with E-state index in [-0.39, 0.29) is 33.9 Å². The minimum atomic E-state index is -4.05. The number of nitrogens with zero attached hydrogens (tertiary/aromatic N) is 2. The highest BCUT2D eigenvalue weighted by Crippen LogP contribution is 2.34. The molecule has 0 saturated carbocycles. The Balaban J connectivity index is 1.83. The Bertz CT molecular complexity index is 1580. The predicted octanol–water partition coefficient (Wildman–Crippen LogP) is 4.29. The summed E-state index contributed by atoms with van der Waals surface area (Å²) in [6.07, 6.45) is 1.63. The van der Waals surface area contributed by atoms with Gasteiger partial charge in [0.05, 0.1) is 27.7 Å². The van der Waals surface area contributed by atoms with Gasteiger partial charge in [-0.3, -0.25) is 14.5 Å². The molecule has 0 saturated heterocycles. The zero-order valence-electron chi connectivity index (χ0n) is 19.7. The van der Waals surface area contributed by atoms with Gasteiger partial charge in [-0.05, 0) is 51.1 Å². The molecule has 0 aliphatic heterocycles. The van der Waals surface area contributed by atoms with Crippen LogP contribution in [0, 0.1) is 5.41 Å². The number of Topliss-reactive ketones (excluding diaryl/α,β-unsaturated/α-hetero) is 1. The Morgan fingerprint density at radius 2 is 1.83 bits per heavy atom. The summed E-state index contributed by atoms with van der Waals surface area (Å²) in [5.41, 5.74) is -0.269. The van der Waals surface area contributed by atoms with Crippen molar-refractivity contribution in [2.75, 3.05) is 4.72 Å². The molecular weight excluding hydrogens is 470 g/mol. The summed E-state index contributed by atoms with van der Waals surface area (Å²) in [6.45, 7) is 6.59. The molecular formula is C25H25N3O6S. The number of fused-ring (bicyclic) bond motifs is 2. The van der Waals surface area contributed by atoms with Crippen molar-refractivity contribution < 1.29 is 28.0 Å². The number of aromatic hydroxyl groups is 1. The third kappa shape index (κ3) is 4.44. The van der Waals surface area contributed by atoms with Crippen LogP contribution in [0.1, 0.15) is 44.5 Å². The van der Waals surface area contributed by atoms with E-state index in [0.717, 1.165) is 4.73 Å². The number of para-hydroxylation sites is 1. The molecule has 0 fully saturated rings. The second-order valence-electron chi connectivity index (χ2n) is 9.07. The van der Waals surface area contributed by atoms with Crippen LogP contribution in [-0.4, -0.2) is 35.0 Å². The molecule has 2 heterocycles. The second kappa shape index (κ2) is 8.70. The monoisotopic (exact) mass is 495 g/mol. The van der Waals surface area contributed by atoms with E-state index in [9.17, 15) is 23.1 Å². The summed E-state index contributed by atoms with van der Waals surface area (Å²) in [5, 5.41) is 11.8. The van der Waals surface area contributed by atoms with Gasteiger partial charge in [0.15, 0.2) is 5.78 Å². The molecule has 0 amide bonds. The number of carbonyl (C=O) groups is 2. The van der Waals surface area contributed by atoms with Crippen LogP contribution in [0.5, 0.6) is 5.88 Å². The quantitative estimate of drug-likeness (QED) is 0.382. The summed E-state index contributed by atoms with van der Waals surface area (Å²) < 4.78 is 29.8. The van der Waals surface area contributed by atoms with Crippen molar-refractivity contribution in [1.82, 2.24) is 9.71 Å². The average Bonchev–Trinajstić information content (AvgIpc) is 3.08. The van der Waals surface area contributed by atoms with E-state index in [4.69, 9.17) is 4.84 Å². The Morgan fingerprint density at radius 3 is 2.51 bits per heavy atom. The largest absolute Gasteiger partial charge is 0.492 e. The van der Waals surface area contributed by atoms with Gasteiger partial charge >= 0.3 is 5.97 Å². The number of ketones is 1. The van der Waals surface area contributed by atoms with Gasteiger partial charge in [0.2, 0.25) is 5.88 Å². The number of carbonyl (C=O) groups excluding carboxylic acids is 2. The number of rotatable bonds is 6. The lowest BCUT2D eigenvalue weighted by atomic mass is 9.98. The minimum Gasteiger partial charge on any atom is -0.492 e. The highest BCUT2D eigenvalue weighted by atomic mass is 32.2. The van der Waals surface area contributed by atoms with Crippen LogP contribution in [0.25, 0.3) is 21.8 Å². The third-order valence-corrected chi connectivity index (χ3v) is 6.84. The lowest BCUT2D eigenvalue weighted by molar-refractivity contribution is -0.153. The van der Waals surface area contributed by atoms with Crippen molar-refractivity contribution in [2.24, 2.45) is 5.41 Å². The number of sulfonamides is 1. The fourth-order valence-electron chi connectivity index (χ4n) is 3.58. The number of nitrogens with one attached hydrogen (secondary N) is 1. The molecule has 0 aliphatic rings. The zero-order chi connectivity index (χ0) is 25.5. The fraction of sp³-hybridized carbons (Fsp3) is 0.240. The van der Waals surface area contributed by atoms with E-state index in [1.807, 2.05) is 0 Å². The molecule has 0 bridgehead atoms. The first kappa shape index (κ1) is 24.2.